The smallest absolute Gasteiger partial charge is 0.191 e. The first kappa shape index (κ1) is 23.3. The number of guanidine groups is 1. The lowest BCUT2D eigenvalue weighted by Crippen LogP contribution is -2.38. The van der Waals surface area contributed by atoms with E-state index in [1.54, 1.807) is 11.8 Å². The minimum absolute atomic E-state index is 0. The summed E-state index contributed by atoms with van der Waals surface area (Å²) in [6.07, 6.45) is 1.53. The van der Waals surface area contributed by atoms with Crippen molar-refractivity contribution in [2.45, 2.75) is 33.0 Å². The van der Waals surface area contributed by atoms with Crippen LogP contribution in [0.4, 0.5) is 0 Å². The van der Waals surface area contributed by atoms with Gasteiger partial charge in [0.1, 0.15) is 5.75 Å². The van der Waals surface area contributed by atoms with Crippen LogP contribution in [0.5, 0.6) is 5.75 Å². The van der Waals surface area contributed by atoms with Gasteiger partial charge in [0.05, 0.1) is 18.8 Å². The highest BCUT2D eigenvalue weighted by molar-refractivity contribution is 14.0. The molecule has 0 fully saturated rings. The fourth-order valence-electron chi connectivity index (χ4n) is 1.96. The predicted molar refractivity (Wildman–Crippen MR) is 115 cm³/mol. The zero-order chi connectivity index (χ0) is 17.1. The van der Waals surface area contributed by atoms with Crippen molar-refractivity contribution in [1.82, 2.24) is 10.6 Å². The first-order valence-electron chi connectivity index (χ1n) is 8.02. The van der Waals surface area contributed by atoms with Crippen LogP contribution in [0.1, 0.15) is 32.4 Å². The van der Waals surface area contributed by atoms with Crippen LogP contribution in [0.25, 0.3) is 0 Å². The van der Waals surface area contributed by atoms with Gasteiger partial charge >= 0.3 is 0 Å². The number of hydrogen-bond donors (Lipinski definition) is 3. The third-order valence-electron chi connectivity index (χ3n) is 2.98. The van der Waals surface area contributed by atoms with Crippen LogP contribution in [0.15, 0.2) is 29.3 Å². The molecule has 0 saturated carbocycles. The maximum Gasteiger partial charge on any atom is 0.191 e. The number of aliphatic hydroxyl groups is 1. The maximum atomic E-state index is 10.3. The van der Waals surface area contributed by atoms with Gasteiger partial charge in [0, 0.05) is 18.8 Å². The third-order valence-corrected chi connectivity index (χ3v) is 3.59. The Morgan fingerprint density at radius 3 is 2.71 bits per heavy atom. The fourth-order valence-corrected chi connectivity index (χ4v) is 2.27. The molecule has 0 aliphatic rings. The number of nitrogens with one attached hydrogen (secondary N) is 2. The summed E-state index contributed by atoms with van der Waals surface area (Å²) in [6, 6.07) is 7.55. The van der Waals surface area contributed by atoms with Crippen molar-refractivity contribution in [3.05, 3.63) is 29.8 Å². The van der Waals surface area contributed by atoms with Gasteiger partial charge < -0.3 is 20.5 Å². The molecule has 0 amide bonds. The lowest BCUT2D eigenvalue weighted by atomic mass is 10.1. The van der Waals surface area contributed by atoms with Crippen molar-refractivity contribution < 1.29 is 9.84 Å². The molecular weight excluding hydrogens is 437 g/mol. The van der Waals surface area contributed by atoms with Crippen LogP contribution < -0.4 is 15.4 Å². The number of nitrogens with zero attached hydrogens (tertiary/aromatic N) is 1. The van der Waals surface area contributed by atoms with E-state index in [0.717, 1.165) is 36.1 Å². The minimum atomic E-state index is -0.651. The van der Waals surface area contributed by atoms with Crippen LogP contribution in [0.3, 0.4) is 0 Å². The van der Waals surface area contributed by atoms with Crippen LogP contribution in [0.2, 0.25) is 0 Å². The van der Waals surface area contributed by atoms with Gasteiger partial charge in [0.2, 0.25) is 0 Å². The average molecular weight is 467 g/mol. The molecule has 0 saturated heterocycles. The topological polar surface area (TPSA) is 65.9 Å². The maximum absolute atomic E-state index is 10.3. The Bertz CT molecular complexity index is 487. The van der Waals surface area contributed by atoms with E-state index >= 15 is 0 Å². The molecular formula is C17H30IN3O2S. The molecule has 0 spiro atoms. The summed E-state index contributed by atoms with van der Waals surface area (Å²) >= 11 is 1.78. The number of hydrogen-bond acceptors (Lipinski definition) is 4. The lowest BCUT2D eigenvalue weighted by molar-refractivity contribution is 0.185. The molecule has 1 aromatic carbocycles. The Hall–Kier alpha value is -0.670. The largest absolute Gasteiger partial charge is 0.491 e. The van der Waals surface area contributed by atoms with Crippen LogP contribution in [-0.4, -0.2) is 48.8 Å². The molecule has 3 N–H and O–H groups in total. The molecule has 0 aromatic heterocycles. The summed E-state index contributed by atoms with van der Waals surface area (Å²) in [5.74, 6) is 2.52. The summed E-state index contributed by atoms with van der Waals surface area (Å²) in [5.41, 5.74) is 0.812. The van der Waals surface area contributed by atoms with E-state index in [1.165, 1.54) is 0 Å². The molecule has 5 nitrogen and oxygen atoms in total. The monoisotopic (exact) mass is 467 g/mol. The van der Waals surface area contributed by atoms with Crippen molar-refractivity contribution >= 4 is 41.7 Å². The normalized spacial score (nSPS) is 12.5. The highest BCUT2D eigenvalue weighted by Crippen LogP contribution is 2.20. The second kappa shape index (κ2) is 13.6. The number of aliphatic hydroxyl groups excluding tert-OH is 1. The van der Waals surface area contributed by atoms with E-state index in [2.05, 4.69) is 21.9 Å². The molecule has 24 heavy (non-hydrogen) atoms. The van der Waals surface area contributed by atoms with Crippen LogP contribution >= 0.6 is 35.7 Å². The highest BCUT2D eigenvalue weighted by atomic mass is 127. The van der Waals surface area contributed by atoms with Gasteiger partial charge in [-0.25, -0.2) is 0 Å². The Morgan fingerprint density at radius 2 is 2.08 bits per heavy atom. The molecule has 0 bridgehead atoms. The average Bonchev–Trinajstić information content (AvgIpc) is 2.52. The molecule has 0 heterocycles. The summed E-state index contributed by atoms with van der Waals surface area (Å²) in [4.78, 5) is 4.45. The van der Waals surface area contributed by atoms with E-state index in [-0.39, 0.29) is 30.1 Å². The van der Waals surface area contributed by atoms with E-state index in [1.807, 2.05) is 45.0 Å². The van der Waals surface area contributed by atoms with Crippen molar-refractivity contribution in [3.63, 3.8) is 0 Å². The Morgan fingerprint density at radius 1 is 1.33 bits per heavy atom. The molecule has 0 radical (unpaired) electrons. The van der Waals surface area contributed by atoms with Crippen LogP contribution in [0, 0.1) is 0 Å². The van der Waals surface area contributed by atoms with Crippen molar-refractivity contribution in [3.8, 4) is 5.75 Å². The summed E-state index contributed by atoms with van der Waals surface area (Å²) in [7, 11) is 0. The molecule has 1 atom stereocenters. The zero-order valence-electron chi connectivity index (χ0n) is 14.9. The molecule has 0 aliphatic carbocycles. The zero-order valence-corrected chi connectivity index (χ0v) is 18.1. The first-order valence-corrected chi connectivity index (χ1v) is 9.42. The second-order valence-corrected chi connectivity index (χ2v) is 6.38. The van der Waals surface area contributed by atoms with Gasteiger partial charge in [0.15, 0.2) is 5.96 Å². The van der Waals surface area contributed by atoms with E-state index in [9.17, 15) is 5.11 Å². The quantitative estimate of drug-likeness (QED) is 0.226. The Labute approximate surface area is 167 Å². The highest BCUT2D eigenvalue weighted by Gasteiger charge is 2.09. The SMILES string of the molecule is CCNC(=NCC(O)c1cccc(OC(C)C)c1)NCCSC.I. The van der Waals surface area contributed by atoms with E-state index in [0.29, 0.717) is 6.54 Å². The van der Waals surface area contributed by atoms with Crippen molar-refractivity contribution in [1.29, 1.82) is 0 Å². The first-order chi connectivity index (χ1) is 11.1. The van der Waals surface area contributed by atoms with Gasteiger partial charge in [-0.3, -0.25) is 4.99 Å². The molecule has 7 heteroatoms. The van der Waals surface area contributed by atoms with E-state index in [4.69, 9.17) is 4.74 Å². The van der Waals surface area contributed by atoms with Gasteiger partial charge in [-0.1, -0.05) is 12.1 Å². The third kappa shape index (κ3) is 9.58. The minimum Gasteiger partial charge on any atom is -0.491 e. The van der Waals surface area contributed by atoms with Gasteiger partial charge in [0.25, 0.3) is 0 Å². The fraction of sp³-hybridized carbons (Fsp3) is 0.588. The number of aliphatic imine (C=N–C) groups is 1. The summed E-state index contributed by atoms with van der Waals surface area (Å²) < 4.78 is 5.66. The molecule has 0 aliphatic heterocycles. The summed E-state index contributed by atoms with van der Waals surface area (Å²) in [5, 5.41) is 16.8. The molecule has 1 unspecified atom stereocenters. The van der Waals surface area contributed by atoms with Crippen LogP contribution in [-0.2, 0) is 0 Å². The number of ether oxygens (including phenoxy) is 1. The van der Waals surface area contributed by atoms with E-state index < -0.39 is 6.10 Å². The Kier molecular flexibility index (Phi) is 13.2. The molecule has 1 rings (SSSR count). The molecule has 138 valence electrons. The Balaban J connectivity index is 0.00000529. The number of halogens is 1. The van der Waals surface area contributed by atoms with Gasteiger partial charge in [-0.05, 0) is 44.7 Å². The van der Waals surface area contributed by atoms with Crippen molar-refractivity contribution in [2.75, 3.05) is 31.6 Å². The summed E-state index contributed by atoms with van der Waals surface area (Å²) in [6.45, 7) is 7.93. The standard InChI is InChI=1S/C17H29N3O2S.HI/c1-5-18-17(19-9-10-23-4)20-12-16(21)14-7-6-8-15(11-14)22-13(2)3;/h6-8,11,13,16,21H,5,9-10,12H2,1-4H3,(H2,18,19,20);1H. The van der Waals surface area contributed by atoms with Crippen molar-refractivity contribution in [2.24, 2.45) is 4.99 Å². The number of thioether (sulfide) groups is 1. The predicted octanol–water partition coefficient (Wildman–Crippen LogP) is 3.04. The molecule has 1 aromatic rings. The van der Waals surface area contributed by atoms with Gasteiger partial charge in [-0.15, -0.1) is 24.0 Å². The van der Waals surface area contributed by atoms with Gasteiger partial charge in [-0.2, -0.15) is 11.8 Å². The number of rotatable bonds is 9. The second-order valence-electron chi connectivity index (χ2n) is 5.39. The number of benzene rings is 1. The lowest BCUT2D eigenvalue weighted by Gasteiger charge is -2.15.